The fraction of sp³-hybridized carbons (Fsp3) is 0.308. The smallest absolute Gasteiger partial charge is 0.343 e. The number of benzene rings is 2. The molecule has 6 nitrogen and oxygen atoms in total. The average Bonchev–Trinajstić information content (AvgIpc) is 3.57. The van der Waals surface area contributed by atoms with Crippen molar-refractivity contribution in [1.29, 1.82) is 0 Å². The first-order chi connectivity index (χ1) is 15.5. The quantitative estimate of drug-likeness (QED) is 0.245. The van der Waals surface area contributed by atoms with Crippen LogP contribution in [0.15, 0.2) is 60.7 Å². The lowest BCUT2D eigenvalue weighted by Crippen LogP contribution is -2.40. The van der Waals surface area contributed by atoms with Gasteiger partial charge in [-0.15, -0.1) is 0 Å². The molecular formula is C26H21NO5. The van der Waals surface area contributed by atoms with E-state index in [0.717, 1.165) is 6.42 Å². The number of ether oxygens (including phenoxy) is 1. The zero-order valence-electron chi connectivity index (χ0n) is 17.4. The number of hydrogen-bond donors (Lipinski definition) is 0. The Bertz CT molecular complexity index is 1180. The Morgan fingerprint density at radius 2 is 1.47 bits per heavy atom. The standard InChI is InChI=1S/C26H21NO5/c1-13(28)16-4-2-3-5-21(16)32-26(31)14-6-8-15(9-7-14)27-24(29)22-17-10-11-18(20-12-19(17)20)23(22)25(27)30/h2-11,17-20,22-23H,12H2,1H3. The van der Waals surface area contributed by atoms with Crippen LogP contribution in [0.2, 0.25) is 0 Å². The van der Waals surface area contributed by atoms with E-state index in [1.54, 1.807) is 48.5 Å². The molecule has 0 N–H and O–H groups in total. The lowest BCUT2D eigenvalue weighted by atomic mass is 9.63. The summed E-state index contributed by atoms with van der Waals surface area (Å²) in [6.07, 6.45) is 5.42. The minimum absolute atomic E-state index is 0.129. The van der Waals surface area contributed by atoms with Crippen molar-refractivity contribution >= 4 is 29.3 Å². The van der Waals surface area contributed by atoms with Crippen LogP contribution >= 0.6 is 0 Å². The summed E-state index contributed by atoms with van der Waals surface area (Å²) in [5, 5.41) is 0. The van der Waals surface area contributed by atoms with Gasteiger partial charge in [-0.25, -0.2) is 4.79 Å². The molecule has 7 rings (SSSR count). The summed E-state index contributed by atoms with van der Waals surface area (Å²) in [5.74, 6) is 0.0751. The number of carbonyl (C=O) groups excluding carboxylic acids is 4. The van der Waals surface area contributed by atoms with Crippen LogP contribution in [0.3, 0.4) is 0 Å². The molecule has 4 aliphatic carbocycles. The molecule has 160 valence electrons. The first-order valence-corrected chi connectivity index (χ1v) is 10.9. The fourth-order valence-corrected chi connectivity index (χ4v) is 5.96. The van der Waals surface area contributed by atoms with Gasteiger partial charge >= 0.3 is 5.97 Å². The second-order valence-corrected chi connectivity index (χ2v) is 9.16. The minimum Gasteiger partial charge on any atom is -0.422 e. The van der Waals surface area contributed by atoms with Crippen LogP contribution in [0.4, 0.5) is 5.69 Å². The predicted molar refractivity (Wildman–Crippen MR) is 115 cm³/mol. The van der Waals surface area contributed by atoms with E-state index < -0.39 is 5.97 Å². The molecule has 32 heavy (non-hydrogen) atoms. The third kappa shape index (κ3) is 2.65. The van der Waals surface area contributed by atoms with Gasteiger partial charge in [-0.2, -0.15) is 0 Å². The summed E-state index contributed by atoms with van der Waals surface area (Å²) < 4.78 is 5.42. The number of amides is 2. The number of carbonyl (C=O) groups is 4. The Morgan fingerprint density at radius 3 is 2.06 bits per heavy atom. The van der Waals surface area contributed by atoms with E-state index in [4.69, 9.17) is 4.74 Å². The lowest BCUT2D eigenvalue weighted by molar-refractivity contribution is -0.124. The average molecular weight is 427 g/mol. The van der Waals surface area contributed by atoms with Gasteiger partial charge in [0.05, 0.1) is 28.7 Å². The Hall–Kier alpha value is -3.54. The zero-order valence-corrected chi connectivity index (χ0v) is 17.4. The van der Waals surface area contributed by atoms with Crippen molar-refractivity contribution in [3.8, 4) is 5.75 Å². The number of nitrogens with zero attached hydrogens (tertiary/aromatic N) is 1. The van der Waals surface area contributed by atoms with E-state index in [2.05, 4.69) is 12.2 Å². The molecule has 0 spiro atoms. The molecule has 5 aliphatic rings. The molecule has 1 saturated heterocycles. The third-order valence-electron chi connectivity index (χ3n) is 7.49. The van der Waals surface area contributed by atoms with E-state index in [1.165, 1.54) is 11.8 Å². The molecule has 0 radical (unpaired) electrons. The minimum atomic E-state index is -0.611. The summed E-state index contributed by atoms with van der Waals surface area (Å²) in [7, 11) is 0. The molecule has 6 unspecified atom stereocenters. The summed E-state index contributed by atoms with van der Waals surface area (Å²) in [5.41, 5.74) is 1.07. The van der Waals surface area contributed by atoms with Crippen molar-refractivity contribution < 1.29 is 23.9 Å². The van der Waals surface area contributed by atoms with Crippen LogP contribution in [0.25, 0.3) is 0 Å². The number of hydrogen-bond acceptors (Lipinski definition) is 5. The number of allylic oxidation sites excluding steroid dienone is 2. The lowest BCUT2D eigenvalue weighted by Gasteiger charge is -2.37. The van der Waals surface area contributed by atoms with Gasteiger partial charge in [0.2, 0.25) is 11.8 Å². The van der Waals surface area contributed by atoms with Crippen molar-refractivity contribution in [1.82, 2.24) is 0 Å². The Balaban J connectivity index is 1.23. The molecule has 1 aliphatic heterocycles. The molecule has 0 aromatic heterocycles. The van der Waals surface area contributed by atoms with Crippen molar-refractivity contribution in [2.24, 2.45) is 35.5 Å². The van der Waals surface area contributed by atoms with Crippen LogP contribution in [0, 0.1) is 35.5 Å². The maximum Gasteiger partial charge on any atom is 0.343 e. The number of ketones is 1. The largest absolute Gasteiger partial charge is 0.422 e. The molecule has 2 aromatic carbocycles. The maximum atomic E-state index is 13.2. The Labute approximate surface area is 184 Å². The number of esters is 1. The van der Waals surface area contributed by atoms with Gasteiger partial charge in [-0.1, -0.05) is 24.3 Å². The van der Waals surface area contributed by atoms with Crippen molar-refractivity contribution in [3.05, 3.63) is 71.8 Å². The zero-order chi connectivity index (χ0) is 22.1. The molecular weight excluding hydrogens is 406 g/mol. The molecule has 2 saturated carbocycles. The highest BCUT2D eigenvalue weighted by Gasteiger charge is 2.67. The molecule has 2 bridgehead atoms. The van der Waals surface area contributed by atoms with E-state index in [-0.39, 0.29) is 52.6 Å². The van der Waals surface area contributed by atoms with E-state index in [0.29, 0.717) is 23.1 Å². The first-order valence-electron chi connectivity index (χ1n) is 10.9. The number of rotatable bonds is 4. The molecule has 2 amide bonds. The molecule has 3 fully saturated rings. The van der Waals surface area contributed by atoms with Gasteiger partial charge in [0.1, 0.15) is 5.75 Å². The van der Waals surface area contributed by atoms with E-state index in [1.807, 2.05) is 0 Å². The highest BCUT2D eigenvalue weighted by molar-refractivity contribution is 6.22. The van der Waals surface area contributed by atoms with Crippen LogP contribution in [0.5, 0.6) is 5.75 Å². The first kappa shape index (κ1) is 19.2. The topological polar surface area (TPSA) is 80.8 Å². The van der Waals surface area contributed by atoms with Gasteiger partial charge in [0.15, 0.2) is 5.78 Å². The van der Waals surface area contributed by atoms with Crippen LogP contribution in [0.1, 0.15) is 34.1 Å². The number of imide groups is 1. The van der Waals surface area contributed by atoms with Gasteiger partial charge in [-0.3, -0.25) is 19.3 Å². The van der Waals surface area contributed by atoms with Crippen molar-refractivity contribution in [2.45, 2.75) is 13.3 Å². The summed E-state index contributed by atoms with van der Waals surface area (Å²) in [4.78, 5) is 52.1. The van der Waals surface area contributed by atoms with Gasteiger partial charge in [0.25, 0.3) is 0 Å². The fourth-order valence-electron chi connectivity index (χ4n) is 5.96. The van der Waals surface area contributed by atoms with Crippen LogP contribution in [-0.4, -0.2) is 23.6 Å². The highest BCUT2D eigenvalue weighted by Crippen LogP contribution is 2.65. The Kier molecular flexibility index (Phi) is 4.03. The van der Waals surface area contributed by atoms with E-state index >= 15 is 0 Å². The Morgan fingerprint density at radius 1 is 0.875 bits per heavy atom. The van der Waals surface area contributed by atoms with Gasteiger partial charge < -0.3 is 4.74 Å². The second kappa shape index (κ2) is 6.73. The summed E-state index contributed by atoms with van der Waals surface area (Å²) in [6.45, 7) is 1.41. The van der Waals surface area contributed by atoms with Gasteiger partial charge in [0, 0.05) is 0 Å². The molecule has 6 atom stereocenters. The number of anilines is 1. The van der Waals surface area contributed by atoms with E-state index in [9.17, 15) is 19.2 Å². The number of para-hydroxylation sites is 1. The predicted octanol–water partition coefficient (Wildman–Crippen LogP) is 3.67. The van der Waals surface area contributed by atoms with Crippen LogP contribution in [-0.2, 0) is 9.59 Å². The molecule has 6 heteroatoms. The van der Waals surface area contributed by atoms with Crippen molar-refractivity contribution in [2.75, 3.05) is 4.90 Å². The third-order valence-corrected chi connectivity index (χ3v) is 7.49. The SMILES string of the molecule is CC(=O)c1ccccc1OC(=O)c1ccc(N2C(=O)C3C4C=CC(C5CC45)C3C2=O)cc1. The monoisotopic (exact) mass is 427 g/mol. The highest BCUT2D eigenvalue weighted by atomic mass is 16.5. The maximum absolute atomic E-state index is 13.2. The second-order valence-electron chi connectivity index (χ2n) is 9.16. The van der Waals surface area contributed by atoms with Crippen molar-refractivity contribution in [3.63, 3.8) is 0 Å². The van der Waals surface area contributed by atoms with Crippen LogP contribution < -0.4 is 9.64 Å². The molecule has 1 heterocycles. The normalized spacial score (nSPS) is 31.3. The number of Topliss-reactive ketones (excluding diaryl/α,β-unsaturated/α-hetero) is 1. The summed E-state index contributed by atoms with van der Waals surface area (Å²) >= 11 is 0. The van der Waals surface area contributed by atoms with Gasteiger partial charge in [-0.05, 0) is 73.4 Å². The summed E-state index contributed by atoms with van der Waals surface area (Å²) in [6, 6.07) is 12.9. The molecule has 2 aromatic rings.